The number of aromatic nitrogens is 4. The molecule has 234 valence electrons. The number of benzene rings is 7. The van der Waals surface area contributed by atoms with E-state index in [9.17, 15) is 0 Å². The molecule has 0 spiro atoms. The van der Waals surface area contributed by atoms with E-state index in [2.05, 4.69) is 114 Å². The summed E-state index contributed by atoms with van der Waals surface area (Å²) in [6.07, 6.45) is 0. The summed E-state index contributed by atoms with van der Waals surface area (Å²) >= 11 is 1.86. The smallest absolute Gasteiger partial charge is 0.164 e. The Balaban J connectivity index is 1.24. The number of rotatable bonds is 5. The average molecular weight is 657 g/mol. The van der Waals surface area contributed by atoms with Gasteiger partial charge in [-0.25, -0.2) is 15.0 Å². The van der Waals surface area contributed by atoms with Crippen LogP contribution in [0.15, 0.2) is 170 Å². The summed E-state index contributed by atoms with van der Waals surface area (Å²) in [4.78, 5) is 15.0. The van der Waals surface area contributed by atoms with Crippen LogP contribution >= 0.6 is 11.3 Å². The van der Waals surface area contributed by atoms with Crippen molar-refractivity contribution >= 4 is 53.3 Å². The van der Waals surface area contributed by atoms with Crippen LogP contribution in [0.1, 0.15) is 0 Å². The van der Waals surface area contributed by atoms with Crippen molar-refractivity contribution in [2.45, 2.75) is 0 Å². The van der Waals surface area contributed by atoms with Gasteiger partial charge in [-0.1, -0.05) is 127 Å². The molecule has 0 unspecified atom stereocenters. The molecule has 0 bridgehead atoms. The van der Waals surface area contributed by atoms with E-state index in [0.717, 1.165) is 33.5 Å². The lowest BCUT2D eigenvalue weighted by Crippen LogP contribution is -2.02. The summed E-state index contributed by atoms with van der Waals surface area (Å²) in [5, 5.41) is 5.07. The molecule has 0 aliphatic carbocycles. The molecule has 0 amide bonds. The quantitative estimate of drug-likeness (QED) is 0.185. The molecule has 0 fully saturated rings. The monoisotopic (exact) mass is 656 g/mol. The van der Waals surface area contributed by atoms with E-state index < -0.39 is 0 Å². The standard InChI is InChI=1S/C45H28N4S/c1-4-14-29(15-5-1)35-26-32(45-47-43(30-16-6-2-7-17-30)46-44(48-45)31-18-8-3-9-19-31)24-25-39(35)49-38-22-12-10-20-33(38)36-28-42-37(27-40(36)49)34-21-11-13-23-41(34)50-42/h1-28H. The highest BCUT2D eigenvalue weighted by molar-refractivity contribution is 7.25. The Morgan fingerprint density at radius 3 is 1.60 bits per heavy atom. The Morgan fingerprint density at radius 1 is 0.360 bits per heavy atom. The second-order valence-electron chi connectivity index (χ2n) is 12.5. The molecule has 0 N–H and O–H groups in total. The summed E-state index contributed by atoms with van der Waals surface area (Å²) in [6, 6.07) is 59.7. The topological polar surface area (TPSA) is 43.6 Å². The van der Waals surface area contributed by atoms with E-state index in [1.807, 2.05) is 72.0 Å². The van der Waals surface area contributed by atoms with Gasteiger partial charge in [0.1, 0.15) is 0 Å². The first-order chi connectivity index (χ1) is 24.8. The van der Waals surface area contributed by atoms with Crippen LogP contribution in [0.25, 0.3) is 93.0 Å². The molecule has 10 aromatic rings. The third-order valence-corrected chi connectivity index (χ3v) is 10.6. The van der Waals surface area contributed by atoms with Crippen molar-refractivity contribution in [1.29, 1.82) is 0 Å². The highest BCUT2D eigenvalue weighted by Gasteiger charge is 2.20. The van der Waals surface area contributed by atoms with Crippen LogP contribution in [0.4, 0.5) is 0 Å². The van der Waals surface area contributed by atoms with Crippen LogP contribution in [0.5, 0.6) is 0 Å². The average Bonchev–Trinajstić information content (AvgIpc) is 3.72. The van der Waals surface area contributed by atoms with Gasteiger partial charge in [-0.2, -0.15) is 0 Å². The largest absolute Gasteiger partial charge is 0.309 e. The lowest BCUT2D eigenvalue weighted by Gasteiger charge is -2.16. The lowest BCUT2D eigenvalue weighted by atomic mass is 10.00. The van der Waals surface area contributed by atoms with Gasteiger partial charge in [0, 0.05) is 53.2 Å². The SMILES string of the molecule is c1ccc(-c2nc(-c3ccccc3)nc(-c3ccc(-n4c5ccccc5c5cc6sc7ccccc7c6cc54)c(-c4ccccc4)c3)n2)cc1. The highest BCUT2D eigenvalue weighted by atomic mass is 32.1. The van der Waals surface area contributed by atoms with E-state index in [1.165, 1.54) is 42.0 Å². The van der Waals surface area contributed by atoms with Crippen molar-refractivity contribution in [2.75, 3.05) is 0 Å². The minimum atomic E-state index is 0.634. The zero-order valence-electron chi connectivity index (χ0n) is 26.9. The van der Waals surface area contributed by atoms with Gasteiger partial charge in [0.2, 0.25) is 0 Å². The Bertz CT molecular complexity index is 2800. The molecule has 3 heterocycles. The Hall–Kier alpha value is -6.43. The number of hydrogen-bond acceptors (Lipinski definition) is 4. The maximum atomic E-state index is 5.06. The first-order valence-corrected chi connectivity index (χ1v) is 17.5. The number of para-hydroxylation sites is 1. The summed E-state index contributed by atoms with van der Waals surface area (Å²) in [7, 11) is 0. The Morgan fingerprint density at radius 2 is 0.920 bits per heavy atom. The Kier molecular flexibility index (Phi) is 6.64. The predicted octanol–water partition coefficient (Wildman–Crippen LogP) is 12.0. The highest BCUT2D eigenvalue weighted by Crippen LogP contribution is 2.42. The molecule has 3 aromatic heterocycles. The molecular weight excluding hydrogens is 629 g/mol. The van der Waals surface area contributed by atoms with Crippen LogP contribution in [0, 0.1) is 0 Å². The summed E-state index contributed by atoms with van der Waals surface area (Å²) < 4.78 is 5.04. The van der Waals surface area contributed by atoms with Gasteiger partial charge in [0.15, 0.2) is 17.5 Å². The summed E-state index contributed by atoms with van der Waals surface area (Å²) in [6.45, 7) is 0. The van der Waals surface area contributed by atoms with Crippen LogP contribution in [-0.2, 0) is 0 Å². The predicted molar refractivity (Wildman–Crippen MR) is 209 cm³/mol. The first-order valence-electron chi connectivity index (χ1n) is 16.7. The molecule has 0 radical (unpaired) electrons. The summed E-state index contributed by atoms with van der Waals surface area (Å²) in [5.74, 6) is 1.93. The van der Waals surface area contributed by atoms with Gasteiger partial charge < -0.3 is 4.57 Å². The molecule has 4 nitrogen and oxygen atoms in total. The van der Waals surface area contributed by atoms with E-state index >= 15 is 0 Å². The van der Waals surface area contributed by atoms with Crippen molar-refractivity contribution in [3.05, 3.63) is 170 Å². The van der Waals surface area contributed by atoms with Crippen molar-refractivity contribution in [3.8, 4) is 51.0 Å². The molecule has 0 saturated heterocycles. The fourth-order valence-electron chi connectivity index (χ4n) is 7.10. The van der Waals surface area contributed by atoms with Crippen LogP contribution in [-0.4, -0.2) is 19.5 Å². The van der Waals surface area contributed by atoms with Crippen molar-refractivity contribution in [2.24, 2.45) is 0 Å². The number of thiophene rings is 1. The molecule has 7 aromatic carbocycles. The van der Waals surface area contributed by atoms with Gasteiger partial charge in [0.25, 0.3) is 0 Å². The third-order valence-electron chi connectivity index (χ3n) is 9.45. The normalized spacial score (nSPS) is 11.6. The molecule has 0 saturated carbocycles. The molecule has 0 aliphatic heterocycles. The van der Waals surface area contributed by atoms with E-state index in [4.69, 9.17) is 15.0 Å². The van der Waals surface area contributed by atoms with Gasteiger partial charge in [-0.15, -0.1) is 11.3 Å². The zero-order chi connectivity index (χ0) is 33.0. The van der Waals surface area contributed by atoms with Gasteiger partial charge in [0.05, 0.1) is 16.7 Å². The van der Waals surface area contributed by atoms with Gasteiger partial charge in [-0.3, -0.25) is 0 Å². The van der Waals surface area contributed by atoms with E-state index in [1.54, 1.807) is 0 Å². The molecule has 0 atom stereocenters. The molecule has 10 rings (SSSR count). The van der Waals surface area contributed by atoms with Crippen molar-refractivity contribution in [1.82, 2.24) is 19.5 Å². The fourth-order valence-corrected chi connectivity index (χ4v) is 8.23. The van der Waals surface area contributed by atoms with Crippen LogP contribution in [0.2, 0.25) is 0 Å². The van der Waals surface area contributed by atoms with E-state index in [-0.39, 0.29) is 0 Å². The van der Waals surface area contributed by atoms with Crippen LogP contribution in [0.3, 0.4) is 0 Å². The zero-order valence-corrected chi connectivity index (χ0v) is 27.7. The number of fused-ring (bicyclic) bond motifs is 6. The van der Waals surface area contributed by atoms with Gasteiger partial charge in [-0.05, 0) is 48.0 Å². The molecule has 0 aliphatic rings. The minimum absolute atomic E-state index is 0.634. The van der Waals surface area contributed by atoms with Crippen LogP contribution < -0.4 is 0 Å². The Labute approximate surface area is 292 Å². The second-order valence-corrected chi connectivity index (χ2v) is 13.5. The number of nitrogens with zero attached hydrogens (tertiary/aromatic N) is 4. The maximum Gasteiger partial charge on any atom is 0.164 e. The van der Waals surface area contributed by atoms with E-state index in [0.29, 0.717) is 17.5 Å². The molecule has 5 heteroatoms. The lowest BCUT2D eigenvalue weighted by molar-refractivity contribution is 1.07. The molecular formula is C45H28N4S. The maximum absolute atomic E-state index is 5.06. The second kappa shape index (κ2) is 11.6. The molecule has 50 heavy (non-hydrogen) atoms. The number of hydrogen-bond donors (Lipinski definition) is 0. The fraction of sp³-hybridized carbons (Fsp3) is 0. The van der Waals surface area contributed by atoms with Crippen molar-refractivity contribution in [3.63, 3.8) is 0 Å². The minimum Gasteiger partial charge on any atom is -0.309 e. The van der Waals surface area contributed by atoms with Crippen molar-refractivity contribution < 1.29 is 0 Å². The summed E-state index contributed by atoms with van der Waals surface area (Å²) in [5.41, 5.74) is 8.51. The first kappa shape index (κ1) is 28.6. The third kappa shape index (κ3) is 4.71. The van der Waals surface area contributed by atoms with Gasteiger partial charge >= 0.3 is 0 Å².